The topological polar surface area (TPSA) is 144 Å². The quantitative estimate of drug-likeness (QED) is 0.351. The highest BCUT2D eigenvalue weighted by molar-refractivity contribution is 6.09. The molecule has 0 bridgehead atoms. The van der Waals surface area contributed by atoms with Crippen LogP contribution in [0.1, 0.15) is 42.6 Å². The molecule has 0 atom stereocenters. The summed E-state index contributed by atoms with van der Waals surface area (Å²) in [6.45, 7) is 5.71. The molecule has 0 saturated heterocycles. The molecule has 0 aliphatic rings. The Hall–Kier alpha value is -4.41. The Morgan fingerprint density at radius 2 is 1.72 bits per heavy atom. The number of phenols is 2. The van der Waals surface area contributed by atoms with Crippen LogP contribution in [0.2, 0.25) is 0 Å². The van der Waals surface area contributed by atoms with Crippen molar-refractivity contribution in [3.63, 3.8) is 0 Å². The number of aromatic hydroxyl groups is 2. The van der Waals surface area contributed by atoms with Gasteiger partial charge in [0.05, 0.1) is 26.9 Å². The van der Waals surface area contributed by atoms with Gasteiger partial charge in [0, 0.05) is 18.2 Å². The minimum absolute atomic E-state index is 0.00508. The van der Waals surface area contributed by atoms with Crippen LogP contribution in [0.3, 0.4) is 0 Å². The number of nitrogens with one attached hydrogen (secondary N) is 1. The van der Waals surface area contributed by atoms with Gasteiger partial charge in [-0.15, -0.1) is 0 Å². The van der Waals surface area contributed by atoms with Gasteiger partial charge in [-0.25, -0.2) is 0 Å². The Bertz CT molecular complexity index is 1240. The number of hydrogen-bond acceptors (Lipinski definition) is 9. The van der Waals surface area contributed by atoms with Crippen molar-refractivity contribution in [3.8, 4) is 40.1 Å². The first-order valence-corrected chi connectivity index (χ1v) is 11.1. The zero-order valence-corrected chi connectivity index (χ0v) is 20.9. The third-order valence-corrected chi connectivity index (χ3v) is 5.59. The van der Waals surface area contributed by atoms with E-state index in [1.54, 1.807) is 13.0 Å². The smallest absolute Gasteiger partial charge is 0.256 e. The normalized spacial score (nSPS) is 10.8. The van der Waals surface area contributed by atoms with E-state index in [9.17, 15) is 19.8 Å². The van der Waals surface area contributed by atoms with Crippen LogP contribution < -0.4 is 24.4 Å². The Balaban J connectivity index is 2.17. The summed E-state index contributed by atoms with van der Waals surface area (Å²) in [7, 11) is 4.31. The van der Waals surface area contributed by atoms with Gasteiger partial charge in [0.2, 0.25) is 18.0 Å². The summed E-state index contributed by atoms with van der Waals surface area (Å²) in [5, 5.41) is 27.5. The number of anilines is 2. The summed E-state index contributed by atoms with van der Waals surface area (Å²) < 4.78 is 21.5. The predicted molar refractivity (Wildman–Crippen MR) is 132 cm³/mol. The average Bonchev–Trinajstić information content (AvgIpc) is 3.26. The Kier molecular flexibility index (Phi) is 7.93. The molecule has 1 aromatic heterocycles. The van der Waals surface area contributed by atoms with Gasteiger partial charge < -0.3 is 34.3 Å². The van der Waals surface area contributed by atoms with Crippen LogP contribution >= 0.6 is 0 Å². The number of rotatable bonds is 10. The van der Waals surface area contributed by atoms with E-state index in [-0.39, 0.29) is 63.9 Å². The molecule has 0 spiro atoms. The van der Waals surface area contributed by atoms with E-state index in [4.69, 9.17) is 18.7 Å². The molecule has 36 heavy (non-hydrogen) atoms. The summed E-state index contributed by atoms with van der Waals surface area (Å²) in [6, 6.07) is 5.67. The van der Waals surface area contributed by atoms with Gasteiger partial charge in [0.25, 0.3) is 5.91 Å². The molecule has 2 aromatic carbocycles. The third-order valence-electron chi connectivity index (χ3n) is 5.59. The Morgan fingerprint density at radius 3 is 2.22 bits per heavy atom. The second kappa shape index (κ2) is 10.9. The minimum atomic E-state index is -0.593. The number of amides is 2. The highest BCUT2D eigenvalue weighted by Crippen LogP contribution is 2.44. The van der Waals surface area contributed by atoms with Gasteiger partial charge in [-0.2, -0.15) is 0 Å². The summed E-state index contributed by atoms with van der Waals surface area (Å²) >= 11 is 0. The SMILES string of the molecule is CCN(C=O)c1noc(-c2cc(C(C)C)c(O)cc2O)c1NC(=O)c1cc(OC)c(OC)c(OC)c1. The first kappa shape index (κ1) is 26.2. The summed E-state index contributed by atoms with van der Waals surface area (Å²) in [4.78, 5) is 26.3. The predicted octanol–water partition coefficient (Wildman–Crippen LogP) is 4.14. The van der Waals surface area contributed by atoms with E-state index in [1.165, 1.54) is 44.4 Å². The van der Waals surface area contributed by atoms with Gasteiger partial charge >= 0.3 is 0 Å². The maximum Gasteiger partial charge on any atom is 0.256 e. The highest BCUT2D eigenvalue weighted by Gasteiger charge is 2.27. The number of methoxy groups -OCH3 is 3. The fourth-order valence-electron chi connectivity index (χ4n) is 3.68. The number of carbonyl (C=O) groups excluding carboxylic acids is 2. The van der Waals surface area contributed by atoms with E-state index in [2.05, 4.69) is 10.5 Å². The van der Waals surface area contributed by atoms with Gasteiger partial charge in [-0.05, 0) is 36.6 Å². The number of carbonyl (C=O) groups is 2. The maximum absolute atomic E-state index is 13.4. The molecule has 3 aromatic rings. The monoisotopic (exact) mass is 499 g/mol. The second-order valence-electron chi connectivity index (χ2n) is 8.05. The van der Waals surface area contributed by atoms with Crippen LogP contribution in [0.15, 0.2) is 28.8 Å². The molecule has 0 aliphatic carbocycles. The summed E-state index contributed by atoms with van der Waals surface area (Å²) in [5.74, 6) is -0.143. The van der Waals surface area contributed by atoms with Crippen LogP contribution in [-0.4, -0.2) is 55.6 Å². The van der Waals surface area contributed by atoms with Crippen LogP contribution in [0.5, 0.6) is 28.7 Å². The lowest BCUT2D eigenvalue weighted by Crippen LogP contribution is -2.23. The number of aromatic nitrogens is 1. The zero-order chi connectivity index (χ0) is 26.6. The van der Waals surface area contributed by atoms with E-state index in [1.807, 2.05) is 13.8 Å². The molecule has 1 heterocycles. The Labute approximate surface area is 208 Å². The average molecular weight is 500 g/mol. The summed E-state index contributed by atoms with van der Waals surface area (Å²) in [5.41, 5.74) is 0.940. The van der Waals surface area contributed by atoms with Crippen molar-refractivity contribution >= 4 is 23.8 Å². The van der Waals surface area contributed by atoms with Gasteiger partial charge in [-0.3, -0.25) is 14.5 Å². The van der Waals surface area contributed by atoms with Crippen LogP contribution in [0, 0.1) is 0 Å². The Morgan fingerprint density at radius 1 is 1.08 bits per heavy atom. The first-order chi connectivity index (χ1) is 17.2. The maximum atomic E-state index is 13.4. The number of ether oxygens (including phenoxy) is 3. The third kappa shape index (κ3) is 4.85. The molecule has 0 unspecified atom stereocenters. The summed E-state index contributed by atoms with van der Waals surface area (Å²) in [6.07, 6.45) is 0.549. The molecule has 3 N–H and O–H groups in total. The standard InChI is InChI=1S/C25H29N3O8/c1-7-28(12-29)24-21(22(36-27-24)16-10-15(13(2)3)17(30)11-18(16)31)26-25(32)14-8-19(33-4)23(35-6)20(9-14)34-5/h8-13,30-31H,7H2,1-6H3,(H,26,32). The molecule has 3 rings (SSSR count). The second-order valence-corrected chi connectivity index (χ2v) is 8.05. The molecule has 11 nitrogen and oxygen atoms in total. The van der Waals surface area contributed by atoms with Crippen LogP contribution in [-0.2, 0) is 4.79 Å². The van der Waals surface area contributed by atoms with Crippen molar-refractivity contribution in [2.75, 3.05) is 38.1 Å². The van der Waals surface area contributed by atoms with Gasteiger partial charge in [-0.1, -0.05) is 19.0 Å². The van der Waals surface area contributed by atoms with Crippen molar-refractivity contribution in [1.82, 2.24) is 5.16 Å². The number of phenolic OH excluding ortho intramolecular Hbond substituents is 2. The minimum Gasteiger partial charge on any atom is -0.508 e. The largest absolute Gasteiger partial charge is 0.508 e. The molecule has 0 radical (unpaired) electrons. The molecular weight excluding hydrogens is 470 g/mol. The molecule has 0 aliphatic heterocycles. The van der Waals surface area contributed by atoms with Gasteiger partial charge in [0.1, 0.15) is 17.2 Å². The fourth-order valence-corrected chi connectivity index (χ4v) is 3.68. The molecule has 192 valence electrons. The lowest BCUT2D eigenvalue weighted by molar-refractivity contribution is -0.107. The van der Waals surface area contributed by atoms with Gasteiger partial charge in [0.15, 0.2) is 17.3 Å². The van der Waals surface area contributed by atoms with Crippen LogP contribution in [0.4, 0.5) is 11.5 Å². The number of hydrogen-bond donors (Lipinski definition) is 3. The molecule has 11 heteroatoms. The van der Waals surface area contributed by atoms with Crippen molar-refractivity contribution in [2.45, 2.75) is 26.7 Å². The van der Waals surface area contributed by atoms with E-state index >= 15 is 0 Å². The van der Waals surface area contributed by atoms with Crippen molar-refractivity contribution in [2.24, 2.45) is 0 Å². The highest BCUT2D eigenvalue weighted by atomic mass is 16.5. The first-order valence-electron chi connectivity index (χ1n) is 11.1. The van der Waals surface area contributed by atoms with E-state index in [0.29, 0.717) is 17.7 Å². The molecule has 2 amide bonds. The van der Waals surface area contributed by atoms with Crippen molar-refractivity contribution in [3.05, 3.63) is 35.4 Å². The lowest BCUT2D eigenvalue weighted by Gasteiger charge is -2.16. The van der Waals surface area contributed by atoms with Crippen molar-refractivity contribution < 1.29 is 38.5 Å². The van der Waals surface area contributed by atoms with Crippen molar-refractivity contribution in [1.29, 1.82) is 0 Å². The number of benzene rings is 2. The zero-order valence-electron chi connectivity index (χ0n) is 20.9. The fraction of sp³-hybridized carbons (Fsp3) is 0.320. The lowest BCUT2D eigenvalue weighted by atomic mass is 9.97. The van der Waals surface area contributed by atoms with Crippen LogP contribution in [0.25, 0.3) is 11.3 Å². The molecule has 0 saturated carbocycles. The molecule has 0 fully saturated rings. The van der Waals surface area contributed by atoms with E-state index < -0.39 is 5.91 Å². The number of nitrogens with zero attached hydrogens (tertiary/aromatic N) is 2. The molecular formula is C25H29N3O8. The van der Waals surface area contributed by atoms with E-state index in [0.717, 1.165) is 0 Å².